The molecule has 1 aromatic heterocycles. The molecule has 126 valence electrons. The third kappa shape index (κ3) is 2.72. The van der Waals surface area contributed by atoms with Crippen molar-refractivity contribution in [3.63, 3.8) is 0 Å². The Morgan fingerprint density at radius 1 is 1.24 bits per heavy atom. The van der Waals surface area contributed by atoms with E-state index in [0.717, 1.165) is 34.7 Å². The first-order valence-corrected chi connectivity index (χ1v) is 8.50. The first kappa shape index (κ1) is 15.9. The zero-order valence-corrected chi connectivity index (χ0v) is 14.8. The zero-order valence-electron chi connectivity index (χ0n) is 14.0. The van der Waals surface area contributed by atoms with Gasteiger partial charge in [-0.25, -0.2) is 4.98 Å². The number of aryl methyl sites for hydroxylation is 1. The van der Waals surface area contributed by atoms with Crippen LogP contribution in [0.3, 0.4) is 0 Å². The van der Waals surface area contributed by atoms with Gasteiger partial charge in [0.25, 0.3) is 5.56 Å². The fourth-order valence-electron chi connectivity index (χ4n) is 3.32. The van der Waals surface area contributed by atoms with Crippen molar-refractivity contribution in [2.75, 3.05) is 7.11 Å². The summed E-state index contributed by atoms with van der Waals surface area (Å²) in [6, 6.07) is 11.3. The monoisotopic (exact) mass is 352 g/mol. The van der Waals surface area contributed by atoms with Gasteiger partial charge in [-0.3, -0.25) is 9.36 Å². The molecule has 0 aliphatic carbocycles. The quantitative estimate of drug-likeness (QED) is 0.690. The Kier molecular flexibility index (Phi) is 3.85. The van der Waals surface area contributed by atoms with Crippen molar-refractivity contribution < 1.29 is 4.74 Å². The van der Waals surface area contributed by atoms with Crippen molar-refractivity contribution in [1.82, 2.24) is 9.55 Å². The van der Waals surface area contributed by atoms with E-state index in [0.29, 0.717) is 22.5 Å². The van der Waals surface area contributed by atoms with E-state index in [1.807, 2.05) is 19.1 Å². The molecule has 25 heavy (non-hydrogen) atoms. The van der Waals surface area contributed by atoms with Crippen LogP contribution < -0.4 is 10.3 Å². The highest BCUT2D eigenvalue weighted by atomic mass is 35.5. The molecule has 0 N–H and O–H groups in total. The first-order chi connectivity index (χ1) is 12.1. The van der Waals surface area contributed by atoms with Gasteiger partial charge in [0.2, 0.25) is 0 Å². The Labute approximate surface area is 150 Å². The summed E-state index contributed by atoms with van der Waals surface area (Å²) >= 11 is 6.06. The molecule has 3 aromatic rings. The van der Waals surface area contributed by atoms with Crippen LogP contribution in [0.2, 0.25) is 5.02 Å². The number of methoxy groups -OCH3 is 1. The SMILES string of the molecule is COc1ccc(/C=C2\CCn3c2nc2cc(Cl)ccc2c3=O)cc1C. The predicted octanol–water partition coefficient (Wildman–Crippen LogP) is 4.31. The summed E-state index contributed by atoms with van der Waals surface area (Å²) in [5.74, 6) is 1.59. The fraction of sp³-hybridized carbons (Fsp3) is 0.200. The Morgan fingerprint density at radius 3 is 2.84 bits per heavy atom. The summed E-state index contributed by atoms with van der Waals surface area (Å²) in [7, 11) is 1.67. The van der Waals surface area contributed by atoms with Gasteiger partial charge in [-0.1, -0.05) is 17.7 Å². The van der Waals surface area contributed by atoms with Gasteiger partial charge in [0.1, 0.15) is 11.6 Å². The predicted molar refractivity (Wildman–Crippen MR) is 101 cm³/mol. The summed E-state index contributed by atoms with van der Waals surface area (Å²) in [4.78, 5) is 17.4. The van der Waals surface area contributed by atoms with Gasteiger partial charge in [0, 0.05) is 11.6 Å². The number of fused-ring (bicyclic) bond motifs is 2. The maximum atomic E-state index is 12.7. The van der Waals surface area contributed by atoms with Gasteiger partial charge in [-0.05, 0) is 66.5 Å². The maximum absolute atomic E-state index is 12.7. The fourth-order valence-corrected chi connectivity index (χ4v) is 3.49. The van der Waals surface area contributed by atoms with Gasteiger partial charge in [0.05, 0.1) is 18.0 Å². The molecule has 4 rings (SSSR count). The molecule has 0 spiro atoms. The Hall–Kier alpha value is -2.59. The van der Waals surface area contributed by atoms with Crippen LogP contribution >= 0.6 is 11.6 Å². The summed E-state index contributed by atoms with van der Waals surface area (Å²) < 4.78 is 7.06. The number of hydrogen-bond acceptors (Lipinski definition) is 3. The average molecular weight is 353 g/mol. The normalized spacial score (nSPS) is 14.9. The topological polar surface area (TPSA) is 44.1 Å². The van der Waals surface area contributed by atoms with E-state index in [1.165, 1.54) is 0 Å². The standard InChI is InChI=1S/C20H17ClN2O2/c1-12-9-13(3-6-18(12)25-2)10-14-7-8-23-19(14)22-17-11-15(21)4-5-16(17)20(23)24/h3-6,9-11H,7-8H2,1-2H3/b14-10+. The van der Waals surface area contributed by atoms with Crippen molar-refractivity contribution in [3.8, 4) is 5.75 Å². The van der Waals surface area contributed by atoms with Crippen LogP contribution in [0.25, 0.3) is 22.6 Å². The van der Waals surface area contributed by atoms with E-state index in [2.05, 4.69) is 12.1 Å². The van der Waals surface area contributed by atoms with Crippen molar-refractivity contribution in [3.05, 3.63) is 68.7 Å². The molecule has 5 heteroatoms. The van der Waals surface area contributed by atoms with E-state index < -0.39 is 0 Å². The number of rotatable bonds is 2. The average Bonchev–Trinajstić information content (AvgIpc) is 2.98. The highest BCUT2D eigenvalue weighted by Gasteiger charge is 2.21. The van der Waals surface area contributed by atoms with Crippen molar-refractivity contribution in [1.29, 1.82) is 0 Å². The summed E-state index contributed by atoms with van der Waals surface area (Å²) in [5.41, 5.74) is 3.84. The Bertz CT molecular complexity index is 1080. The van der Waals surface area contributed by atoms with Crippen molar-refractivity contribution in [2.24, 2.45) is 0 Å². The molecule has 2 aromatic carbocycles. The lowest BCUT2D eigenvalue weighted by Crippen LogP contribution is -2.20. The van der Waals surface area contributed by atoms with E-state index in [4.69, 9.17) is 21.3 Å². The van der Waals surface area contributed by atoms with E-state index >= 15 is 0 Å². The number of hydrogen-bond donors (Lipinski definition) is 0. The third-order valence-corrected chi connectivity index (χ3v) is 4.80. The number of nitrogens with zero attached hydrogens (tertiary/aromatic N) is 2. The number of benzene rings is 2. The molecule has 1 aliphatic rings. The number of ether oxygens (including phenoxy) is 1. The molecular formula is C20H17ClN2O2. The van der Waals surface area contributed by atoms with E-state index in [-0.39, 0.29) is 5.56 Å². The largest absolute Gasteiger partial charge is 0.496 e. The van der Waals surface area contributed by atoms with Crippen LogP contribution in [0.1, 0.15) is 23.4 Å². The Morgan fingerprint density at radius 2 is 2.08 bits per heavy atom. The van der Waals surface area contributed by atoms with Gasteiger partial charge < -0.3 is 4.74 Å². The molecule has 0 amide bonds. The summed E-state index contributed by atoms with van der Waals surface area (Å²) in [6.07, 6.45) is 2.88. The van der Waals surface area contributed by atoms with Crippen LogP contribution in [0.4, 0.5) is 0 Å². The zero-order chi connectivity index (χ0) is 17.6. The lowest BCUT2D eigenvalue weighted by Gasteiger charge is -2.07. The van der Waals surface area contributed by atoms with E-state index in [9.17, 15) is 4.79 Å². The van der Waals surface area contributed by atoms with E-state index in [1.54, 1.807) is 29.9 Å². The smallest absolute Gasteiger partial charge is 0.261 e. The van der Waals surface area contributed by atoms with Crippen LogP contribution in [-0.4, -0.2) is 16.7 Å². The molecule has 0 atom stereocenters. The first-order valence-electron chi connectivity index (χ1n) is 8.12. The second-order valence-electron chi connectivity index (χ2n) is 6.20. The van der Waals surface area contributed by atoms with Gasteiger partial charge in [0.15, 0.2) is 0 Å². The Balaban J connectivity index is 1.85. The molecule has 0 fully saturated rings. The molecule has 0 radical (unpaired) electrons. The van der Waals surface area contributed by atoms with Crippen LogP contribution in [-0.2, 0) is 6.54 Å². The number of allylic oxidation sites excluding steroid dienone is 1. The molecule has 0 bridgehead atoms. The lowest BCUT2D eigenvalue weighted by molar-refractivity contribution is 0.411. The minimum Gasteiger partial charge on any atom is -0.496 e. The molecular weight excluding hydrogens is 336 g/mol. The number of halogens is 1. The van der Waals surface area contributed by atoms with Crippen LogP contribution in [0.5, 0.6) is 5.75 Å². The maximum Gasteiger partial charge on any atom is 0.261 e. The van der Waals surface area contributed by atoms with Gasteiger partial charge in [-0.2, -0.15) is 0 Å². The molecule has 2 heterocycles. The molecule has 0 saturated heterocycles. The minimum atomic E-state index is -0.00835. The second-order valence-corrected chi connectivity index (χ2v) is 6.64. The highest BCUT2D eigenvalue weighted by Crippen LogP contribution is 2.29. The minimum absolute atomic E-state index is 0.00835. The van der Waals surface area contributed by atoms with Crippen molar-refractivity contribution >= 4 is 34.2 Å². The molecule has 0 saturated carbocycles. The van der Waals surface area contributed by atoms with Gasteiger partial charge in [-0.15, -0.1) is 0 Å². The van der Waals surface area contributed by atoms with Crippen molar-refractivity contribution in [2.45, 2.75) is 19.9 Å². The second kappa shape index (κ2) is 6.05. The summed E-state index contributed by atoms with van der Waals surface area (Å²) in [6.45, 7) is 2.67. The molecule has 4 nitrogen and oxygen atoms in total. The lowest BCUT2D eigenvalue weighted by atomic mass is 10.1. The number of aromatic nitrogens is 2. The van der Waals surface area contributed by atoms with Gasteiger partial charge >= 0.3 is 0 Å². The summed E-state index contributed by atoms with van der Waals surface area (Å²) in [5, 5.41) is 1.19. The van der Waals surface area contributed by atoms with Crippen LogP contribution in [0, 0.1) is 6.92 Å². The molecule has 1 aliphatic heterocycles. The highest BCUT2D eigenvalue weighted by molar-refractivity contribution is 6.31. The molecule has 0 unspecified atom stereocenters. The van der Waals surface area contributed by atoms with Crippen LogP contribution in [0.15, 0.2) is 41.2 Å². The third-order valence-electron chi connectivity index (χ3n) is 4.57.